The lowest BCUT2D eigenvalue weighted by molar-refractivity contribution is 0.474. The lowest BCUT2D eigenvalue weighted by Crippen LogP contribution is -1.66. The Balaban J connectivity index is 2.57. The summed E-state index contributed by atoms with van der Waals surface area (Å²) in [6, 6.07) is 13.9. The monoisotopic (exact) mass is 183 g/mol. The van der Waals surface area contributed by atoms with Gasteiger partial charge >= 0.3 is 0 Å². The summed E-state index contributed by atoms with van der Waals surface area (Å²) in [4.78, 5) is 0. The number of fused-ring (bicyclic) bond motifs is 3. The lowest BCUT2D eigenvalue weighted by Gasteiger charge is -1.89. The van der Waals surface area contributed by atoms with Crippen LogP contribution in [0.4, 0.5) is 0 Å². The Labute approximate surface area is 80.4 Å². The van der Waals surface area contributed by atoms with Crippen LogP contribution in [0, 0.1) is 6.07 Å². The van der Waals surface area contributed by atoms with Gasteiger partial charge in [0.1, 0.15) is 16.9 Å². The SMILES string of the molecule is Oc1[c]cc2c(c1)oc1ccccc12. The molecule has 0 amide bonds. The summed E-state index contributed by atoms with van der Waals surface area (Å²) < 4.78 is 5.55. The third-order valence-corrected chi connectivity index (χ3v) is 2.29. The molecule has 0 aliphatic carbocycles. The quantitative estimate of drug-likeness (QED) is 0.581. The maximum absolute atomic E-state index is 9.24. The number of hydrogen-bond donors (Lipinski definition) is 1. The van der Waals surface area contributed by atoms with Gasteiger partial charge in [-0.3, -0.25) is 0 Å². The molecule has 3 aromatic rings. The molecule has 1 heterocycles. The van der Waals surface area contributed by atoms with Gasteiger partial charge in [0.2, 0.25) is 0 Å². The molecule has 2 heteroatoms. The van der Waals surface area contributed by atoms with E-state index in [1.807, 2.05) is 24.3 Å². The van der Waals surface area contributed by atoms with Gasteiger partial charge in [-0.1, -0.05) is 18.2 Å². The standard InChI is InChI=1S/C12H7O2/c13-8-5-6-10-9-3-1-2-4-11(9)14-12(10)7-8/h1-4,6-7,13H. The van der Waals surface area contributed by atoms with E-state index < -0.39 is 0 Å². The van der Waals surface area contributed by atoms with Gasteiger partial charge in [0.25, 0.3) is 0 Å². The maximum atomic E-state index is 9.24. The molecular weight excluding hydrogens is 176 g/mol. The second kappa shape index (κ2) is 2.51. The average Bonchev–Trinajstić information content (AvgIpc) is 2.54. The topological polar surface area (TPSA) is 33.4 Å². The highest BCUT2D eigenvalue weighted by Crippen LogP contribution is 2.29. The van der Waals surface area contributed by atoms with E-state index in [1.54, 1.807) is 12.1 Å². The fourth-order valence-corrected chi connectivity index (χ4v) is 1.65. The fraction of sp³-hybridized carbons (Fsp3) is 0. The highest BCUT2D eigenvalue weighted by atomic mass is 16.3. The van der Waals surface area contributed by atoms with Gasteiger partial charge in [-0.15, -0.1) is 0 Å². The predicted octanol–water partition coefficient (Wildman–Crippen LogP) is 3.09. The second-order valence-corrected chi connectivity index (χ2v) is 3.19. The first-order valence-corrected chi connectivity index (χ1v) is 4.36. The van der Waals surface area contributed by atoms with Crippen molar-refractivity contribution in [3.63, 3.8) is 0 Å². The minimum absolute atomic E-state index is 0.108. The summed E-state index contributed by atoms with van der Waals surface area (Å²) >= 11 is 0. The molecule has 0 bridgehead atoms. The number of para-hydroxylation sites is 1. The minimum Gasteiger partial charge on any atom is -0.507 e. The van der Waals surface area contributed by atoms with Gasteiger partial charge in [0.15, 0.2) is 0 Å². The van der Waals surface area contributed by atoms with Gasteiger partial charge in [-0.25, -0.2) is 0 Å². The van der Waals surface area contributed by atoms with E-state index in [2.05, 4.69) is 6.07 Å². The van der Waals surface area contributed by atoms with Crippen molar-refractivity contribution in [3.8, 4) is 5.75 Å². The largest absolute Gasteiger partial charge is 0.507 e. The van der Waals surface area contributed by atoms with E-state index in [0.717, 1.165) is 16.4 Å². The van der Waals surface area contributed by atoms with E-state index in [0.29, 0.717) is 5.58 Å². The van der Waals surface area contributed by atoms with Gasteiger partial charge in [-0.05, 0) is 12.1 Å². The van der Waals surface area contributed by atoms with Crippen LogP contribution < -0.4 is 0 Å². The van der Waals surface area contributed by atoms with Crippen LogP contribution in [-0.2, 0) is 0 Å². The lowest BCUT2D eigenvalue weighted by atomic mass is 10.1. The van der Waals surface area contributed by atoms with Crippen LogP contribution in [0.1, 0.15) is 0 Å². The van der Waals surface area contributed by atoms with Crippen molar-refractivity contribution >= 4 is 21.9 Å². The molecule has 0 spiro atoms. The zero-order chi connectivity index (χ0) is 9.54. The molecule has 0 fully saturated rings. The summed E-state index contributed by atoms with van der Waals surface area (Å²) in [6.45, 7) is 0. The van der Waals surface area contributed by atoms with Crippen LogP contribution in [0.5, 0.6) is 5.75 Å². The Morgan fingerprint density at radius 2 is 1.93 bits per heavy atom. The molecule has 1 aromatic heterocycles. The molecule has 14 heavy (non-hydrogen) atoms. The maximum Gasteiger partial charge on any atom is 0.139 e. The Kier molecular flexibility index (Phi) is 1.34. The predicted molar refractivity (Wildman–Crippen MR) is 54.2 cm³/mol. The second-order valence-electron chi connectivity index (χ2n) is 3.19. The van der Waals surface area contributed by atoms with Crippen molar-refractivity contribution in [2.75, 3.05) is 0 Å². The van der Waals surface area contributed by atoms with E-state index in [9.17, 15) is 5.11 Å². The smallest absolute Gasteiger partial charge is 0.139 e. The number of benzene rings is 2. The summed E-state index contributed by atoms with van der Waals surface area (Å²) in [5, 5.41) is 11.3. The summed E-state index contributed by atoms with van der Waals surface area (Å²) in [5.74, 6) is 0.108. The number of rotatable bonds is 0. The van der Waals surface area contributed by atoms with Gasteiger partial charge < -0.3 is 9.52 Å². The van der Waals surface area contributed by atoms with Gasteiger partial charge in [-0.2, -0.15) is 0 Å². The number of phenols is 1. The summed E-state index contributed by atoms with van der Waals surface area (Å²) in [5.41, 5.74) is 1.53. The van der Waals surface area contributed by atoms with Crippen molar-refractivity contribution in [3.05, 3.63) is 42.5 Å². The number of furan rings is 1. The Bertz CT molecular complexity index is 608. The van der Waals surface area contributed by atoms with Crippen LogP contribution in [0.15, 0.2) is 40.8 Å². The molecule has 0 unspecified atom stereocenters. The molecule has 1 radical (unpaired) electrons. The Morgan fingerprint density at radius 1 is 1.07 bits per heavy atom. The summed E-state index contributed by atoms with van der Waals surface area (Å²) in [6.07, 6.45) is 0. The third-order valence-electron chi connectivity index (χ3n) is 2.29. The molecule has 1 N–H and O–H groups in total. The molecule has 0 saturated heterocycles. The number of aromatic hydroxyl groups is 1. The van der Waals surface area contributed by atoms with Gasteiger partial charge in [0.05, 0.1) is 0 Å². The molecule has 2 nitrogen and oxygen atoms in total. The molecule has 2 aromatic carbocycles. The molecule has 0 atom stereocenters. The average molecular weight is 183 g/mol. The Morgan fingerprint density at radius 3 is 2.86 bits per heavy atom. The number of phenolic OH excluding ortho intramolecular Hbond substituents is 1. The molecular formula is C12H7O2. The van der Waals surface area contributed by atoms with Crippen LogP contribution in [0.25, 0.3) is 21.9 Å². The van der Waals surface area contributed by atoms with E-state index >= 15 is 0 Å². The van der Waals surface area contributed by atoms with Crippen molar-refractivity contribution < 1.29 is 9.52 Å². The highest BCUT2D eigenvalue weighted by Gasteiger charge is 2.05. The Hall–Kier alpha value is -1.96. The van der Waals surface area contributed by atoms with Crippen molar-refractivity contribution in [2.24, 2.45) is 0 Å². The molecule has 0 aliphatic rings. The molecule has 67 valence electrons. The first-order valence-electron chi connectivity index (χ1n) is 4.36. The van der Waals surface area contributed by atoms with Crippen molar-refractivity contribution in [1.82, 2.24) is 0 Å². The molecule has 0 saturated carbocycles. The van der Waals surface area contributed by atoms with E-state index in [-0.39, 0.29) is 5.75 Å². The fourth-order valence-electron chi connectivity index (χ4n) is 1.65. The number of hydrogen-bond acceptors (Lipinski definition) is 2. The third kappa shape index (κ3) is 0.909. The van der Waals surface area contributed by atoms with E-state index in [1.165, 1.54) is 0 Å². The molecule has 0 aliphatic heterocycles. The van der Waals surface area contributed by atoms with Crippen molar-refractivity contribution in [1.29, 1.82) is 0 Å². The minimum atomic E-state index is 0.108. The zero-order valence-corrected chi connectivity index (χ0v) is 7.32. The highest BCUT2D eigenvalue weighted by molar-refractivity contribution is 6.04. The zero-order valence-electron chi connectivity index (χ0n) is 7.32. The first kappa shape index (κ1) is 7.44. The van der Waals surface area contributed by atoms with Crippen LogP contribution in [-0.4, -0.2) is 5.11 Å². The normalized spacial score (nSPS) is 11.1. The van der Waals surface area contributed by atoms with Crippen LogP contribution >= 0.6 is 0 Å². The molecule has 3 rings (SSSR count). The van der Waals surface area contributed by atoms with Crippen LogP contribution in [0.3, 0.4) is 0 Å². The van der Waals surface area contributed by atoms with Gasteiger partial charge in [0, 0.05) is 22.9 Å². The van der Waals surface area contributed by atoms with Crippen molar-refractivity contribution in [2.45, 2.75) is 0 Å². The first-order chi connectivity index (χ1) is 6.84. The summed E-state index contributed by atoms with van der Waals surface area (Å²) in [7, 11) is 0. The van der Waals surface area contributed by atoms with Crippen LogP contribution in [0.2, 0.25) is 0 Å². The van der Waals surface area contributed by atoms with E-state index in [4.69, 9.17) is 4.42 Å².